The standard InChI is InChI=1S/C15H17F4NO3/c16-10-2-1-3-11(8-10)23-13-5-7-22-9-12(13)20-14(21)4-6-15(17,18)19/h1-3,8,12-13H,4-7,9H2,(H,20,21)/t12-,13+/m1/s1. The third-order valence-corrected chi connectivity index (χ3v) is 3.36. The summed E-state index contributed by atoms with van der Waals surface area (Å²) in [6.45, 7) is 0.534. The van der Waals surface area contributed by atoms with E-state index in [4.69, 9.17) is 9.47 Å². The minimum Gasteiger partial charge on any atom is -0.488 e. The van der Waals surface area contributed by atoms with Gasteiger partial charge in [-0.15, -0.1) is 0 Å². The summed E-state index contributed by atoms with van der Waals surface area (Å²) >= 11 is 0. The number of benzene rings is 1. The SMILES string of the molecule is O=C(CCC(F)(F)F)N[C@@H]1COCC[C@@H]1Oc1cccc(F)c1. The molecule has 0 bridgehead atoms. The summed E-state index contributed by atoms with van der Waals surface area (Å²) in [7, 11) is 0. The Morgan fingerprint density at radius 3 is 2.87 bits per heavy atom. The minimum atomic E-state index is -4.38. The highest BCUT2D eigenvalue weighted by Gasteiger charge is 2.31. The number of hydrogen-bond donors (Lipinski definition) is 1. The molecule has 1 heterocycles. The van der Waals surface area contributed by atoms with Crippen LogP contribution in [0.3, 0.4) is 0 Å². The zero-order valence-corrected chi connectivity index (χ0v) is 12.2. The van der Waals surface area contributed by atoms with Crippen LogP contribution in [0.5, 0.6) is 5.75 Å². The van der Waals surface area contributed by atoms with E-state index in [1.807, 2.05) is 0 Å². The molecule has 1 N–H and O–H groups in total. The van der Waals surface area contributed by atoms with Gasteiger partial charge in [-0.25, -0.2) is 4.39 Å². The molecule has 8 heteroatoms. The Kier molecular flexibility index (Phi) is 5.81. The van der Waals surface area contributed by atoms with E-state index in [-0.39, 0.29) is 6.61 Å². The Labute approximate surface area is 130 Å². The van der Waals surface area contributed by atoms with Gasteiger partial charge in [0.25, 0.3) is 0 Å². The van der Waals surface area contributed by atoms with Crippen molar-refractivity contribution < 1.29 is 31.8 Å². The molecular formula is C15H17F4NO3. The summed E-state index contributed by atoms with van der Waals surface area (Å²) in [4.78, 5) is 11.6. The zero-order valence-electron chi connectivity index (χ0n) is 12.2. The average molecular weight is 335 g/mol. The third kappa shape index (κ3) is 6.05. The molecule has 1 aromatic carbocycles. The first-order valence-electron chi connectivity index (χ1n) is 7.19. The maximum absolute atomic E-state index is 13.2. The van der Waals surface area contributed by atoms with Gasteiger partial charge in [0.15, 0.2) is 0 Å². The molecular weight excluding hydrogens is 318 g/mol. The molecule has 0 saturated carbocycles. The molecule has 0 spiro atoms. The fourth-order valence-corrected chi connectivity index (χ4v) is 2.24. The van der Waals surface area contributed by atoms with Gasteiger partial charge in [0.2, 0.25) is 5.91 Å². The van der Waals surface area contributed by atoms with Crippen LogP contribution in [0.1, 0.15) is 19.3 Å². The summed E-state index contributed by atoms with van der Waals surface area (Å²) in [6, 6.07) is 4.96. The molecule has 2 atom stereocenters. The quantitative estimate of drug-likeness (QED) is 0.842. The van der Waals surface area contributed by atoms with Crippen LogP contribution in [0.2, 0.25) is 0 Å². The van der Waals surface area contributed by atoms with Crippen LogP contribution in [-0.4, -0.2) is 37.4 Å². The summed E-state index contributed by atoms with van der Waals surface area (Å²) in [5, 5.41) is 2.49. The second kappa shape index (κ2) is 7.63. The van der Waals surface area contributed by atoms with Crippen molar-refractivity contribution in [2.75, 3.05) is 13.2 Å². The number of alkyl halides is 3. The molecule has 0 aliphatic carbocycles. The van der Waals surface area contributed by atoms with Crippen molar-refractivity contribution in [3.63, 3.8) is 0 Å². The monoisotopic (exact) mass is 335 g/mol. The summed E-state index contributed by atoms with van der Waals surface area (Å²) < 4.78 is 60.4. The Morgan fingerprint density at radius 2 is 2.17 bits per heavy atom. The lowest BCUT2D eigenvalue weighted by Crippen LogP contribution is -2.51. The van der Waals surface area contributed by atoms with Gasteiger partial charge in [-0.1, -0.05) is 6.07 Å². The first kappa shape index (κ1) is 17.5. The second-order valence-electron chi connectivity index (χ2n) is 5.27. The topological polar surface area (TPSA) is 47.6 Å². The van der Waals surface area contributed by atoms with Gasteiger partial charge >= 0.3 is 6.18 Å². The molecule has 128 valence electrons. The number of carbonyl (C=O) groups excluding carboxylic acids is 1. The largest absolute Gasteiger partial charge is 0.488 e. The summed E-state index contributed by atoms with van der Waals surface area (Å²) in [6.07, 6.45) is -6.24. The van der Waals surface area contributed by atoms with E-state index in [9.17, 15) is 22.4 Å². The predicted octanol–water partition coefficient (Wildman–Crippen LogP) is 2.82. The molecule has 1 aliphatic heterocycles. The van der Waals surface area contributed by atoms with Crippen molar-refractivity contribution >= 4 is 5.91 Å². The second-order valence-corrected chi connectivity index (χ2v) is 5.27. The lowest BCUT2D eigenvalue weighted by atomic mass is 10.1. The van der Waals surface area contributed by atoms with E-state index in [0.29, 0.717) is 18.8 Å². The van der Waals surface area contributed by atoms with E-state index >= 15 is 0 Å². The Hall–Kier alpha value is -1.83. The summed E-state index contributed by atoms with van der Waals surface area (Å²) in [5.74, 6) is -0.877. The zero-order chi connectivity index (χ0) is 16.9. The van der Waals surface area contributed by atoms with Crippen LogP contribution in [-0.2, 0) is 9.53 Å². The van der Waals surface area contributed by atoms with E-state index < -0.39 is 42.9 Å². The van der Waals surface area contributed by atoms with E-state index in [0.717, 1.165) is 0 Å². The highest BCUT2D eigenvalue weighted by molar-refractivity contribution is 5.76. The van der Waals surface area contributed by atoms with Crippen molar-refractivity contribution in [2.24, 2.45) is 0 Å². The molecule has 2 rings (SSSR count). The fraction of sp³-hybridized carbons (Fsp3) is 0.533. The first-order chi connectivity index (χ1) is 10.8. The van der Waals surface area contributed by atoms with Gasteiger partial charge in [0, 0.05) is 18.9 Å². The lowest BCUT2D eigenvalue weighted by molar-refractivity contribution is -0.145. The van der Waals surface area contributed by atoms with Gasteiger partial charge < -0.3 is 14.8 Å². The van der Waals surface area contributed by atoms with Crippen molar-refractivity contribution in [2.45, 2.75) is 37.6 Å². The molecule has 0 aromatic heterocycles. The van der Waals surface area contributed by atoms with Crippen molar-refractivity contribution in [3.05, 3.63) is 30.1 Å². The number of hydrogen-bond acceptors (Lipinski definition) is 3. The number of ether oxygens (including phenoxy) is 2. The minimum absolute atomic E-state index is 0.137. The predicted molar refractivity (Wildman–Crippen MR) is 73.5 cm³/mol. The molecule has 1 amide bonds. The van der Waals surface area contributed by atoms with Crippen LogP contribution < -0.4 is 10.1 Å². The van der Waals surface area contributed by atoms with Crippen LogP contribution in [0, 0.1) is 5.82 Å². The van der Waals surface area contributed by atoms with Gasteiger partial charge in [0.1, 0.15) is 17.7 Å². The van der Waals surface area contributed by atoms with Gasteiger partial charge in [-0.3, -0.25) is 4.79 Å². The molecule has 23 heavy (non-hydrogen) atoms. The van der Waals surface area contributed by atoms with E-state index in [2.05, 4.69) is 5.32 Å². The highest BCUT2D eigenvalue weighted by atomic mass is 19.4. The number of halogens is 4. The van der Waals surface area contributed by atoms with E-state index in [1.165, 1.54) is 18.2 Å². The number of nitrogens with one attached hydrogen (secondary N) is 1. The van der Waals surface area contributed by atoms with Crippen LogP contribution in [0.4, 0.5) is 17.6 Å². The van der Waals surface area contributed by atoms with Crippen molar-refractivity contribution in [1.29, 1.82) is 0 Å². The molecule has 1 aliphatic rings. The third-order valence-electron chi connectivity index (χ3n) is 3.36. The van der Waals surface area contributed by atoms with E-state index in [1.54, 1.807) is 6.07 Å². The van der Waals surface area contributed by atoms with Crippen LogP contribution >= 0.6 is 0 Å². The Morgan fingerprint density at radius 1 is 1.39 bits per heavy atom. The number of amides is 1. The van der Waals surface area contributed by atoms with Crippen LogP contribution in [0.25, 0.3) is 0 Å². The van der Waals surface area contributed by atoms with Crippen molar-refractivity contribution in [3.8, 4) is 5.75 Å². The Bertz CT molecular complexity index is 536. The summed E-state index contributed by atoms with van der Waals surface area (Å²) in [5.41, 5.74) is 0. The molecule has 1 saturated heterocycles. The molecule has 4 nitrogen and oxygen atoms in total. The Balaban J connectivity index is 1.91. The van der Waals surface area contributed by atoms with Crippen molar-refractivity contribution in [1.82, 2.24) is 5.32 Å². The van der Waals surface area contributed by atoms with Gasteiger partial charge in [0.05, 0.1) is 25.7 Å². The molecule has 0 radical (unpaired) electrons. The fourth-order valence-electron chi connectivity index (χ4n) is 2.24. The maximum Gasteiger partial charge on any atom is 0.389 e. The van der Waals surface area contributed by atoms with Crippen LogP contribution in [0.15, 0.2) is 24.3 Å². The van der Waals surface area contributed by atoms with Gasteiger partial charge in [-0.2, -0.15) is 13.2 Å². The normalized spacial score (nSPS) is 21.7. The molecule has 1 fully saturated rings. The maximum atomic E-state index is 13.2. The smallest absolute Gasteiger partial charge is 0.389 e. The first-order valence-corrected chi connectivity index (χ1v) is 7.19. The molecule has 0 unspecified atom stereocenters. The number of rotatable bonds is 5. The number of carbonyl (C=O) groups is 1. The molecule has 1 aromatic rings. The lowest BCUT2D eigenvalue weighted by Gasteiger charge is -2.32. The van der Waals surface area contributed by atoms with Gasteiger partial charge in [-0.05, 0) is 12.1 Å². The average Bonchev–Trinajstić information content (AvgIpc) is 2.47. The highest BCUT2D eigenvalue weighted by Crippen LogP contribution is 2.22.